The second-order valence-corrected chi connectivity index (χ2v) is 4.77. The van der Waals surface area contributed by atoms with Crippen LogP contribution < -0.4 is 9.47 Å². The number of terminal acetylenes is 1. The summed E-state index contributed by atoms with van der Waals surface area (Å²) in [5.74, 6) is 3.03. The number of ketones is 1. The Labute approximate surface area is 140 Å². The van der Waals surface area contributed by atoms with E-state index in [2.05, 4.69) is 5.92 Å². The Morgan fingerprint density at radius 3 is 2.58 bits per heavy atom. The molecule has 4 heteroatoms. The Hall–Kier alpha value is -3.50. The number of benzene rings is 2. The van der Waals surface area contributed by atoms with Crippen LogP contribution in [0.4, 0.5) is 0 Å². The van der Waals surface area contributed by atoms with Gasteiger partial charge in [0.2, 0.25) is 5.78 Å². The van der Waals surface area contributed by atoms with Gasteiger partial charge in [-0.05, 0) is 23.8 Å². The van der Waals surface area contributed by atoms with Gasteiger partial charge in [-0.1, -0.05) is 42.3 Å². The van der Waals surface area contributed by atoms with E-state index in [0.717, 1.165) is 0 Å². The van der Waals surface area contributed by atoms with Crippen LogP contribution in [0.15, 0.2) is 54.1 Å². The molecular formula is C20H15NO3. The Morgan fingerprint density at radius 2 is 1.96 bits per heavy atom. The molecule has 24 heavy (non-hydrogen) atoms. The molecule has 0 N–H and O–H groups in total. The molecule has 118 valence electrons. The van der Waals surface area contributed by atoms with Crippen LogP contribution in [-0.2, 0) is 0 Å². The van der Waals surface area contributed by atoms with Crippen LogP contribution in [0.1, 0.15) is 15.9 Å². The second kappa shape index (κ2) is 8.22. The van der Waals surface area contributed by atoms with Crippen molar-refractivity contribution in [1.29, 1.82) is 5.26 Å². The first-order valence-electron chi connectivity index (χ1n) is 7.15. The van der Waals surface area contributed by atoms with Crippen molar-refractivity contribution in [3.05, 3.63) is 65.2 Å². The highest BCUT2D eigenvalue weighted by atomic mass is 16.5. The minimum absolute atomic E-state index is 0.0422. The summed E-state index contributed by atoms with van der Waals surface area (Å²) in [4.78, 5) is 12.4. The molecule has 0 spiro atoms. The van der Waals surface area contributed by atoms with Crippen LogP contribution in [0.5, 0.6) is 11.5 Å². The van der Waals surface area contributed by atoms with Crippen molar-refractivity contribution in [2.75, 3.05) is 13.7 Å². The van der Waals surface area contributed by atoms with Gasteiger partial charge in [-0.15, -0.1) is 6.42 Å². The maximum Gasteiger partial charge on any atom is 0.203 e. The third-order valence-electron chi connectivity index (χ3n) is 3.21. The third kappa shape index (κ3) is 4.03. The Morgan fingerprint density at radius 1 is 1.21 bits per heavy atom. The third-order valence-corrected chi connectivity index (χ3v) is 3.21. The first-order chi connectivity index (χ1) is 11.7. The fraction of sp³-hybridized carbons (Fsp3) is 0.100. The summed E-state index contributed by atoms with van der Waals surface area (Å²) in [5, 5.41) is 9.30. The second-order valence-electron chi connectivity index (χ2n) is 4.77. The van der Waals surface area contributed by atoms with Crippen LogP contribution in [0.3, 0.4) is 0 Å². The van der Waals surface area contributed by atoms with Gasteiger partial charge in [0.15, 0.2) is 11.5 Å². The lowest BCUT2D eigenvalue weighted by molar-refractivity contribution is 0.104. The smallest absolute Gasteiger partial charge is 0.203 e. The van der Waals surface area contributed by atoms with Crippen molar-refractivity contribution >= 4 is 11.9 Å². The number of ether oxygens (including phenoxy) is 2. The molecule has 2 aromatic rings. The molecule has 0 amide bonds. The molecule has 0 aliphatic rings. The zero-order chi connectivity index (χ0) is 17.4. The summed E-state index contributed by atoms with van der Waals surface area (Å²) in [7, 11) is 1.51. The predicted octanol–water partition coefficient (Wildman–Crippen LogP) is 3.50. The lowest BCUT2D eigenvalue weighted by atomic mass is 10.0. The normalized spacial score (nSPS) is 10.4. The van der Waals surface area contributed by atoms with E-state index < -0.39 is 0 Å². The molecule has 2 rings (SSSR count). The number of nitrogens with zero attached hydrogens (tertiary/aromatic N) is 1. The Balaban J connectivity index is 2.33. The van der Waals surface area contributed by atoms with Gasteiger partial charge >= 0.3 is 0 Å². The zero-order valence-electron chi connectivity index (χ0n) is 13.2. The first-order valence-corrected chi connectivity index (χ1v) is 7.15. The molecule has 0 saturated carbocycles. The molecule has 0 heterocycles. The molecule has 0 unspecified atom stereocenters. The highest BCUT2D eigenvalue weighted by Crippen LogP contribution is 2.29. The predicted molar refractivity (Wildman–Crippen MR) is 91.7 cm³/mol. The van der Waals surface area contributed by atoms with Gasteiger partial charge in [0, 0.05) is 5.56 Å². The summed E-state index contributed by atoms with van der Waals surface area (Å²) in [6.45, 7) is 0.126. The molecule has 0 aliphatic carbocycles. The average Bonchev–Trinajstić information content (AvgIpc) is 2.64. The number of allylic oxidation sites excluding steroid dienone is 1. The average molecular weight is 317 g/mol. The number of hydrogen-bond acceptors (Lipinski definition) is 4. The van der Waals surface area contributed by atoms with Crippen LogP contribution in [0.2, 0.25) is 0 Å². The topological polar surface area (TPSA) is 59.3 Å². The monoisotopic (exact) mass is 317 g/mol. The molecule has 0 fully saturated rings. The van der Waals surface area contributed by atoms with Crippen molar-refractivity contribution in [2.45, 2.75) is 0 Å². The van der Waals surface area contributed by atoms with Crippen LogP contribution >= 0.6 is 0 Å². The Kier molecular flexibility index (Phi) is 5.77. The van der Waals surface area contributed by atoms with Crippen LogP contribution in [-0.4, -0.2) is 19.5 Å². The van der Waals surface area contributed by atoms with Gasteiger partial charge < -0.3 is 9.47 Å². The van der Waals surface area contributed by atoms with E-state index >= 15 is 0 Å². The first kappa shape index (κ1) is 16.9. The van der Waals surface area contributed by atoms with Crippen molar-refractivity contribution in [2.24, 2.45) is 0 Å². The fourth-order valence-corrected chi connectivity index (χ4v) is 2.07. The van der Waals surface area contributed by atoms with Gasteiger partial charge in [-0.25, -0.2) is 0 Å². The maximum atomic E-state index is 12.4. The fourth-order valence-electron chi connectivity index (χ4n) is 2.07. The summed E-state index contributed by atoms with van der Waals surface area (Å²) in [5.41, 5.74) is 1.16. The quantitative estimate of drug-likeness (QED) is 0.354. The lowest BCUT2D eigenvalue weighted by Crippen LogP contribution is -2.01. The van der Waals surface area contributed by atoms with E-state index in [1.807, 2.05) is 12.1 Å². The number of methoxy groups -OCH3 is 1. The highest BCUT2D eigenvalue weighted by Gasteiger charge is 2.12. The molecular weight excluding hydrogens is 302 g/mol. The van der Waals surface area contributed by atoms with Gasteiger partial charge in [0.25, 0.3) is 0 Å². The van der Waals surface area contributed by atoms with Gasteiger partial charge in [0.05, 0.1) is 7.11 Å². The molecule has 2 aromatic carbocycles. The number of Topliss-reactive ketones (excluding diaryl/α,β-unsaturated/α-hetero) is 1. The minimum Gasteiger partial charge on any atom is -0.493 e. The van der Waals surface area contributed by atoms with E-state index in [4.69, 9.17) is 15.9 Å². The molecule has 0 saturated heterocycles. The van der Waals surface area contributed by atoms with Gasteiger partial charge in [-0.2, -0.15) is 5.26 Å². The molecule has 0 aromatic heterocycles. The van der Waals surface area contributed by atoms with E-state index in [1.165, 1.54) is 13.2 Å². The summed E-state index contributed by atoms with van der Waals surface area (Å²) < 4.78 is 10.6. The van der Waals surface area contributed by atoms with E-state index in [0.29, 0.717) is 22.6 Å². The number of carbonyl (C=O) groups excluding carboxylic acids is 1. The summed E-state index contributed by atoms with van der Waals surface area (Å²) >= 11 is 0. The molecule has 0 radical (unpaired) electrons. The number of nitriles is 1. The van der Waals surface area contributed by atoms with Crippen molar-refractivity contribution < 1.29 is 14.3 Å². The van der Waals surface area contributed by atoms with E-state index in [9.17, 15) is 10.1 Å². The largest absolute Gasteiger partial charge is 0.493 e. The van der Waals surface area contributed by atoms with E-state index in [1.54, 1.807) is 42.5 Å². The van der Waals surface area contributed by atoms with Gasteiger partial charge in [0.1, 0.15) is 18.2 Å². The van der Waals surface area contributed by atoms with Crippen molar-refractivity contribution in [1.82, 2.24) is 0 Å². The van der Waals surface area contributed by atoms with Crippen molar-refractivity contribution in [3.8, 4) is 29.9 Å². The molecule has 4 nitrogen and oxygen atoms in total. The maximum absolute atomic E-state index is 12.4. The minimum atomic E-state index is -0.329. The molecule has 0 atom stereocenters. The van der Waals surface area contributed by atoms with Crippen LogP contribution in [0, 0.1) is 23.7 Å². The SMILES string of the molecule is C#CCOc1ccc(/C=C(\C#N)C(=O)c2ccccc2)cc1OC. The highest BCUT2D eigenvalue weighted by molar-refractivity contribution is 6.14. The number of hydrogen-bond donors (Lipinski definition) is 0. The number of carbonyl (C=O) groups is 1. The standard InChI is InChI=1S/C20H15NO3/c1-3-11-24-18-10-9-15(13-19(18)23-2)12-17(14-21)20(22)16-7-5-4-6-8-16/h1,4-10,12-13H,11H2,2H3/b17-12+. The van der Waals surface area contributed by atoms with E-state index in [-0.39, 0.29) is 18.0 Å². The summed E-state index contributed by atoms with van der Waals surface area (Å²) in [6, 6.07) is 15.7. The van der Waals surface area contributed by atoms with Gasteiger partial charge in [-0.3, -0.25) is 4.79 Å². The molecule has 0 aliphatic heterocycles. The lowest BCUT2D eigenvalue weighted by Gasteiger charge is -2.09. The zero-order valence-corrected chi connectivity index (χ0v) is 13.2. The number of rotatable bonds is 6. The van der Waals surface area contributed by atoms with Crippen LogP contribution in [0.25, 0.3) is 6.08 Å². The Bertz CT molecular complexity index is 839. The van der Waals surface area contributed by atoms with Crippen molar-refractivity contribution in [3.63, 3.8) is 0 Å². The molecule has 0 bridgehead atoms. The summed E-state index contributed by atoms with van der Waals surface area (Å²) in [6.07, 6.45) is 6.69.